The normalized spacial score (nSPS) is 11.4. The van der Waals surface area contributed by atoms with Crippen LogP contribution in [0.15, 0.2) is 47.4 Å². The summed E-state index contributed by atoms with van der Waals surface area (Å²) in [5.41, 5.74) is 0.471. The van der Waals surface area contributed by atoms with E-state index in [0.717, 1.165) is 12.3 Å². The van der Waals surface area contributed by atoms with Crippen molar-refractivity contribution in [1.82, 2.24) is 0 Å². The number of methoxy groups -OCH3 is 1. The lowest BCUT2D eigenvalue weighted by Gasteiger charge is -2.10. The summed E-state index contributed by atoms with van der Waals surface area (Å²) in [5.74, 6) is -1.73. The molecule has 2 aromatic rings. The predicted molar refractivity (Wildman–Crippen MR) is 113 cm³/mol. The summed E-state index contributed by atoms with van der Waals surface area (Å²) < 4.78 is 62.0. The molecule has 0 aromatic heterocycles. The molecule has 2 rings (SSSR count). The third-order valence-electron chi connectivity index (χ3n) is 3.80. The maximum absolute atomic E-state index is 12.4. The van der Waals surface area contributed by atoms with E-state index in [1.807, 2.05) is 0 Å². The highest BCUT2D eigenvalue weighted by Gasteiger charge is 2.14. The fourth-order valence-corrected chi connectivity index (χ4v) is 3.16. The van der Waals surface area contributed by atoms with Gasteiger partial charge in [0.25, 0.3) is 5.91 Å². The standard InChI is InChI=1S/C20H18ClF2NO7S/c1-29-17-9-12(3-7-16(17)31-20(22)23)4-8-19(26)30-11-18(25)24-15-10-13(32(2,27)28)5-6-14(15)21/h3-10,20H,11H2,1-2H3,(H,24,25). The third-order valence-corrected chi connectivity index (χ3v) is 5.24. The van der Waals surface area contributed by atoms with Crippen LogP contribution in [0.2, 0.25) is 5.02 Å². The minimum absolute atomic E-state index is 0.0356. The number of benzene rings is 2. The number of rotatable bonds is 9. The molecule has 0 aliphatic rings. The van der Waals surface area contributed by atoms with E-state index in [1.54, 1.807) is 0 Å². The summed E-state index contributed by atoms with van der Waals surface area (Å²) in [6, 6.07) is 7.82. The molecule has 12 heteroatoms. The highest BCUT2D eigenvalue weighted by molar-refractivity contribution is 7.90. The van der Waals surface area contributed by atoms with Gasteiger partial charge in [-0.15, -0.1) is 0 Å². The fourth-order valence-electron chi connectivity index (χ4n) is 2.35. The lowest BCUT2D eigenvalue weighted by molar-refractivity contribution is -0.142. The van der Waals surface area contributed by atoms with Gasteiger partial charge in [0, 0.05) is 12.3 Å². The van der Waals surface area contributed by atoms with Crippen molar-refractivity contribution < 1.29 is 41.0 Å². The Morgan fingerprint density at radius 1 is 1.16 bits per heavy atom. The predicted octanol–water partition coefficient (Wildman–Crippen LogP) is 3.55. The number of amides is 1. The molecule has 0 saturated heterocycles. The number of hydrogen-bond donors (Lipinski definition) is 1. The Hall–Kier alpha value is -3.18. The monoisotopic (exact) mass is 489 g/mol. The molecular formula is C20H18ClF2NO7S. The zero-order valence-corrected chi connectivity index (χ0v) is 18.4. The van der Waals surface area contributed by atoms with Crippen LogP contribution >= 0.6 is 11.6 Å². The Morgan fingerprint density at radius 2 is 1.88 bits per heavy atom. The van der Waals surface area contributed by atoms with E-state index in [4.69, 9.17) is 21.1 Å². The van der Waals surface area contributed by atoms with Gasteiger partial charge in [-0.3, -0.25) is 4.79 Å². The molecule has 1 N–H and O–H groups in total. The van der Waals surface area contributed by atoms with E-state index < -0.39 is 34.9 Å². The second-order valence-electron chi connectivity index (χ2n) is 6.19. The van der Waals surface area contributed by atoms with Crippen molar-refractivity contribution in [3.8, 4) is 11.5 Å². The third kappa shape index (κ3) is 7.50. The van der Waals surface area contributed by atoms with Crippen LogP contribution in [0.3, 0.4) is 0 Å². The number of ether oxygens (including phenoxy) is 3. The molecule has 0 aliphatic heterocycles. The number of alkyl halides is 2. The molecule has 0 saturated carbocycles. The molecule has 8 nitrogen and oxygen atoms in total. The first kappa shape index (κ1) is 25.1. The number of carbonyl (C=O) groups excluding carboxylic acids is 2. The Morgan fingerprint density at radius 3 is 2.50 bits per heavy atom. The molecule has 0 aliphatic carbocycles. The molecule has 2 aromatic carbocycles. The van der Waals surface area contributed by atoms with Crippen molar-refractivity contribution in [3.05, 3.63) is 53.1 Å². The molecule has 0 bridgehead atoms. The summed E-state index contributed by atoms with van der Waals surface area (Å²) in [6.45, 7) is -3.68. The van der Waals surface area contributed by atoms with E-state index in [1.165, 1.54) is 49.6 Å². The van der Waals surface area contributed by atoms with Gasteiger partial charge in [-0.25, -0.2) is 13.2 Å². The molecular weight excluding hydrogens is 472 g/mol. The maximum Gasteiger partial charge on any atom is 0.387 e. The minimum Gasteiger partial charge on any atom is -0.493 e. The zero-order valence-electron chi connectivity index (χ0n) is 16.8. The van der Waals surface area contributed by atoms with Gasteiger partial charge in [0.1, 0.15) is 0 Å². The van der Waals surface area contributed by atoms with Crippen molar-refractivity contribution in [3.63, 3.8) is 0 Å². The highest BCUT2D eigenvalue weighted by atomic mass is 35.5. The van der Waals surface area contributed by atoms with Crippen molar-refractivity contribution in [2.24, 2.45) is 0 Å². The molecule has 0 atom stereocenters. The number of hydrogen-bond acceptors (Lipinski definition) is 7. The molecule has 0 fully saturated rings. The SMILES string of the molecule is COc1cc(C=CC(=O)OCC(=O)Nc2cc(S(C)(=O)=O)ccc2Cl)ccc1OC(F)F. The average molecular weight is 490 g/mol. The Kier molecular flexibility index (Phi) is 8.56. The number of sulfone groups is 1. The van der Waals surface area contributed by atoms with Crippen LogP contribution in [-0.2, 0) is 24.2 Å². The van der Waals surface area contributed by atoms with Gasteiger partial charge in [0.15, 0.2) is 27.9 Å². The van der Waals surface area contributed by atoms with Gasteiger partial charge in [-0.05, 0) is 42.0 Å². The molecule has 1 amide bonds. The van der Waals surface area contributed by atoms with Gasteiger partial charge in [0.2, 0.25) is 0 Å². The first-order valence-electron chi connectivity index (χ1n) is 8.76. The van der Waals surface area contributed by atoms with Crippen LogP contribution in [0.1, 0.15) is 5.56 Å². The van der Waals surface area contributed by atoms with Gasteiger partial charge >= 0.3 is 12.6 Å². The van der Waals surface area contributed by atoms with Crippen molar-refractivity contribution in [1.29, 1.82) is 0 Å². The summed E-state index contributed by atoms with van der Waals surface area (Å²) >= 11 is 5.95. The lowest BCUT2D eigenvalue weighted by atomic mass is 10.2. The number of halogens is 3. The molecule has 172 valence electrons. The van der Waals surface area contributed by atoms with Gasteiger partial charge in [-0.1, -0.05) is 17.7 Å². The largest absolute Gasteiger partial charge is 0.493 e. The topological polar surface area (TPSA) is 108 Å². The van der Waals surface area contributed by atoms with Crippen LogP contribution < -0.4 is 14.8 Å². The quantitative estimate of drug-likeness (QED) is 0.424. The Bertz CT molecular complexity index is 1140. The molecule has 0 heterocycles. The smallest absolute Gasteiger partial charge is 0.387 e. The first-order chi connectivity index (χ1) is 15.0. The van der Waals surface area contributed by atoms with Crippen LogP contribution in [0.5, 0.6) is 11.5 Å². The average Bonchev–Trinajstić information content (AvgIpc) is 2.71. The second kappa shape index (κ2) is 10.9. The van der Waals surface area contributed by atoms with E-state index in [9.17, 15) is 26.8 Å². The van der Waals surface area contributed by atoms with Crippen molar-refractivity contribution in [2.45, 2.75) is 11.5 Å². The van der Waals surface area contributed by atoms with Crippen molar-refractivity contribution in [2.75, 3.05) is 25.3 Å². The van der Waals surface area contributed by atoms with Gasteiger partial charge < -0.3 is 19.5 Å². The van der Waals surface area contributed by atoms with Crippen LogP contribution in [0.25, 0.3) is 6.08 Å². The van der Waals surface area contributed by atoms with E-state index >= 15 is 0 Å². The maximum atomic E-state index is 12.4. The molecule has 0 spiro atoms. The number of carbonyl (C=O) groups is 2. The Labute approximate surface area is 187 Å². The summed E-state index contributed by atoms with van der Waals surface area (Å²) in [5, 5.41) is 2.46. The van der Waals surface area contributed by atoms with Gasteiger partial charge in [0.05, 0.1) is 22.7 Å². The summed E-state index contributed by atoms with van der Waals surface area (Å²) in [4.78, 5) is 23.8. The van der Waals surface area contributed by atoms with Gasteiger partial charge in [-0.2, -0.15) is 8.78 Å². The summed E-state index contributed by atoms with van der Waals surface area (Å²) in [7, 11) is -2.24. The lowest BCUT2D eigenvalue weighted by Crippen LogP contribution is -2.20. The fraction of sp³-hybridized carbons (Fsp3) is 0.200. The molecule has 0 radical (unpaired) electrons. The van der Waals surface area contributed by atoms with E-state index in [2.05, 4.69) is 10.1 Å². The van der Waals surface area contributed by atoms with Crippen molar-refractivity contribution >= 4 is 45.1 Å². The zero-order chi connectivity index (χ0) is 23.9. The molecule has 32 heavy (non-hydrogen) atoms. The summed E-state index contributed by atoms with van der Waals surface area (Å²) in [6.07, 6.45) is 3.35. The number of anilines is 1. The number of nitrogens with one attached hydrogen (secondary N) is 1. The Balaban J connectivity index is 1.96. The highest BCUT2D eigenvalue weighted by Crippen LogP contribution is 2.30. The second-order valence-corrected chi connectivity index (χ2v) is 8.61. The van der Waals surface area contributed by atoms with E-state index in [0.29, 0.717) is 5.56 Å². The number of esters is 1. The van der Waals surface area contributed by atoms with Crippen LogP contribution in [0, 0.1) is 0 Å². The first-order valence-corrected chi connectivity index (χ1v) is 11.0. The van der Waals surface area contributed by atoms with Crippen LogP contribution in [-0.4, -0.2) is 46.9 Å². The van der Waals surface area contributed by atoms with Crippen LogP contribution in [0.4, 0.5) is 14.5 Å². The van der Waals surface area contributed by atoms with E-state index in [-0.39, 0.29) is 27.1 Å². The molecule has 0 unspecified atom stereocenters. The minimum atomic E-state index is -3.51.